The molecule has 0 radical (unpaired) electrons. The van der Waals surface area contributed by atoms with Crippen LogP contribution >= 0.6 is 11.3 Å². The molecule has 0 aliphatic rings. The van der Waals surface area contributed by atoms with Crippen molar-refractivity contribution in [1.82, 2.24) is 0 Å². The molecule has 1 aromatic heterocycles. The van der Waals surface area contributed by atoms with Crippen LogP contribution in [0.25, 0.3) is 0 Å². The number of hydrogen-bond donors (Lipinski definition) is 1. The summed E-state index contributed by atoms with van der Waals surface area (Å²) in [4.78, 5) is 36.5. The summed E-state index contributed by atoms with van der Waals surface area (Å²) in [6, 6.07) is 8.76. The van der Waals surface area contributed by atoms with Gasteiger partial charge in [0, 0.05) is 5.56 Å². The fourth-order valence-corrected chi connectivity index (χ4v) is 3.22. The average molecular weight is 407 g/mol. The summed E-state index contributed by atoms with van der Waals surface area (Å²) in [6.07, 6.45) is 0. The van der Waals surface area contributed by atoms with Crippen molar-refractivity contribution < 1.29 is 33.3 Å². The van der Waals surface area contributed by atoms with E-state index in [0.29, 0.717) is 5.75 Å². The normalized spacial score (nSPS) is 10.2. The van der Waals surface area contributed by atoms with Gasteiger partial charge >= 0.3 is 17.9 Å². The fraction of sp³-hybridized carbons (Fsp3) is 0.316. The van der Waals surface area contributed by atoms with Crippen LogP contribution in [0.15, 0.2) is 30.3 Å². The van der Waals surface area contributed by atoms with Crippen molar-refractivity contribution in [3.05, 3.63) is 46.3 Å². The highest BCUT2D eigenvalue weighted by Crippen LogP contribution is 2.33. The van der Waals surface area contributed by atoms with E-state index in [4.69, 9.17) is 24.7 Å². The molecular formula is C19H21NO7S. The maximum atomic E-state index is 12.2. The predicted octanol–water partition coefficient (Wildman–Crippen LogP) is 2.81. The summed E-state index contributed by atoms with van der Waals surface area (Å²) in [6.45, 7) is 2.91. The van der Waals surface area contributed by atoms with Crippen molar-refractivity contribution in [2.75, 3.05) is 25.6 Å². The highest BCUT2D eigenvalue weighted by molar-refractivity contribution is 7.18. The lowest BCUT2D eigenvalue weighted by atomic mass is 10.1. The van der Waals surface area contributed by atoms with Gasteiger partial charge in [0.25, 0.3) is 0 Å². The SMILES string of the molecule is CCOC(=O)c1sc(N)c(C(=O)OCC)c1COC(=O)COc1ccccc1. The molecule has 0 aliphatic heterocycles. The van der Waals surface area contributed by atoms with E-state index in [1.54, 1.807) is 38.1 Å². The van der Waals surface area contributed by atoms with Crippen molar-refractivity contribution in [3.8, 4) is 5.75 Å². The van der Waals surface area contributed by atoms with E-state index in [-0.39, 0.29) is 47.4 Å². The number of nitrogen functional groups attached to an aromatic ring is 1. The summed E-state index contributed by atoms with van der Waals surface area (Å²) < 4.78 is 20.5. The number of anilines is 1. The number of rotatable bonds is 9. The molecule has 8 nitrogen and oxygen atoms in total. The minimum absolute atomic E-state index is 0.00619. The number of thiophene rings is 1. The standard InChI is InChI=1S/C19H21NO7S/c1-3-24-18(22)15-13(16(28-17(15)20)19(23)25-4-2)10-27-14(21)11-26-12-8-6-5-7-9-12/h5-9H,3-4,10-11,20H2,1-2H3. The molecule has 0 amide bonds. The summed E-state index contributed by atoms with van der Waals surface area (Å²) in [7, 11) is 0. The molecule has 1 heterocycles. The van der Waals surface area contributed by atoms with Crippen molar-refractivity contribution in [3.63, 3.8) is 0 Å². The first-order valence-electron chi connectivity index (χ1n) is 8.56. The average Bonchev–Trinajstić information content (AvgIpc) is 3.02. The highest BCUT2D eigenvalue weighted by Gasteiger charge is 2.28. The van der Waals surface area contributed by atoms with Gasteiger partial charge in [0.15, 0.2) is 6.61 Å². The summed E-state index contributed by atoms with van der Waals surface area (Å²) >= 11 is 0.885. The lowest BCUT2D eigenvalue weighted by Crippen LogP contribution is -2.17. The van der Waals surface area contributed by atoms with Crippen LogP contribution in [0, 0.1) is 0 Å². The van der Waals surface area contributed by atoms with Crippen LogP contribution in [-0.2, 0) is 25.6 Å². The lowest BCUT2D eigenvalue weighted by molar-refractivity contribution is -0.147. The third-order valence-electron chi connectivity index (χ3n) is 3.45. The Labute approximate surface area is 166 Å². The number of ether oxygens (including phenoxy) is 4. The smallest absolute Gasteiger partial charge is 0.348 e. The summed E-state index contributed by atoms with van der Waals surface area (Å²) in [5.74, 6) is -1.50. The first-order chi connectivity index (χ1) is 13.5. The minimum atomic E-state index is -0.696. The predicted molar refractivity (Wildman–Crippen MR) is 102 cm³/mol. The van der Waals surface area contributed by atoms with Gasteiger partial charge in [-0.05, 0) is 26.0 Å². The molecule has 0 saturated carbocycles. The maximum Gasteiger partial charge on any atom is 0.348 e. The van der Waals surface area contributed by atoms with Crippen molar-refractivity contribution >= 4 is 34.2 Å². The molecule has 28 heavy (non-hydrogen) atoms. The van der Waals surface area contributed by atoms with Gasteiger partial charge in [-0.15, -0.1) is 11.3 Å². The minimum Gasteiger partial charge on any atom is -0.482 e. The van der Waals surface area contributed by atoms with Gasteiger partial charge in [0.2, 0.25) is 0 Å². The molecule has 0 fully saturated rings. The van der Waals surface area contributed by atoms with Gasteiger partial charge < -0.3 is 24.7 Å². The molecule has 0 bridgehead atoms. The molecule has 0 atom stereocenters. The molecule has 2 N–H and O–H groups in total. The van der Waals surface area contributed by atoms with Crippen LogP contribution in [-0.4, -0.2) is 37.7 Å². The second-order valence-corrected chi connectivity index (χ2v) is 6.40. The van der Waals surface area contributed by atoms with Crippen LogP contribution < -0.4 is 10.5 Å². The Morgan fingerprint density at radius 1 is 0.964 bits per heavy atom. The van der Waals surface area contributed by atoms with Gasteiger partial charge in [-0.3, -0.25) is 0 Å². The molecule has 0 saturated heterocycles. The Morgan fingerprint density at radius 2 is 1.61 bits per heavy atom. The fourth-order valence-electron chi connectivity index (χ4n) is 2.26. The van der Waals surface area contributed by atoms with E-state index in [9.17, 15) is 14.4 Å². The van der Waals surface area contributed by atoms with E-state index < -0.39 is 17.9 Å². The van der Waals surface area contributed by atoms with E-state index >= 15 is 0 Å². The number of esters is 3. The molecule has 9 heteroatoms. The molecule has 150 valence electrons. The Morgan fingerprint density at radius 3 is 2.25 bits per heavy atom. The van der Waals surface area contributed by atoms with Crippen LogP contribution in [0.4, 0.5) is 5.00 Å². The molecule has 0 aliphatic carbocycles. The van der Waals surface area contributed by atoms with Gasteiger partial charge in [0.05, 0.1) is 13.2 Å². The maximum absolute atomic E-state index is 12.2. The number of hydrogen-bond acceptors (Lipinski definition) is 9. The zero-order valence-electron chi connectivity index (χ0n) is 15.6. The molecular weight excluding hydrogens is 386 g/mol. The van der Waals surface area contributed by atoms with Crippen LogP contribution in [0.1, 0.15) is 39.4 Å². The number of para-hydroxylation sites is 1. The second kappa shape index (κ2) is 10.3. The quantitative estimate of drug-likeness (QED) is 0.498. The Balaban J connectivity index is 2.13. The largest absolute Gasteiger partial charge is 0.482 e. The Bertz CT molecular complexity index is 832. The third-order valence-corrected chi connectivity index (χ3v) is 4.49. The molecule has 2 aromatic rings. The third kappa shape index (κ3) is 5.46. The number of benzene rings is 1. The van der Waals surface area contributed by atoms with Crippen molar-refractivity contribution in [2.45, 2.75) is 20.5 Å². The molecule has 1 aromatic carbocycles. The van der Waals surface area contributed by atoms with Crippen LogP contribution in [0.2, 0.25) is 0 Å². The first-order valence-corrected chi connectivity index (χ1v) is 9.38. The van der Waals surface area contributed by atoms with E-state index in [2.05, 4.69) is 0 Å². The number of carbonyl (C=O) groups is 3. The molecule has 0 unspecified atom stereocenters. The van der Waals surface area contributed by atoms with Gasteiger partial charge in [-0.1, -0.05) is 18.2 Å². The second-order valence-electron chi connectivity index (χ2n) is 5.35. The van der Waals surface area contributed by atoms with Crippen LogP contribution in [0.5, 0.6) is 5.75 Å². The Kier molecular flexibility index (Phi) is 7.82. The zero-order valence-corrected chi connectivity index (χ0v) is 16.4. The number of nitrogens with two attached hydrogens (primary N) is 1. The van der Waals surface area contributed by atoms with Crippen molar-refractivity contribution in [2.24, 2.45) is 0 Å². The van der Waals surface area contributed by atoms with Crippen molar-refractivity contribution in [1.29, 1.82) is 0 Å². The summed E-state index contributed by atoms with van der Waals surface area (Å²) in [5, 5.41) is 0.0908. The topological polar surface area (TPSA) is 114 Å². The van der Waals surface area contributed by atoms with E-state index in [1.165, 1.54) is 0 Å². The van der Waals surface area contributed by atoms with E-state index in [1.807, 2.05) is 6.07 Å². The lowest BCUT2D eigenvalue weighted by Gasteiger charge is -2.09. The first kappa shape index (κ1) is 21.2. The van der Waals surface area contributed by atoms with Gasteiger partial charge in [0.1, 0.15) is 27.8 Å². The van der Waals surface area contributed by atoms with Gasteiger partial charge in [-0.2, -0.15) is 0 Å². The summed E-state index contributed by atoms with van der Waals surface area (Å²) in [5.41, 5.74) is 6.06. The molecule has 2 rings (SSSR count). The monoisotopic (exact) mass is 407 g/mol. The Hall–Kier alpha value is -3.07. The van der Waals surface area contributed by atoms with Gasteiger partial charge in [-0.25, -0.2) is 14.4 Å². The highest BCUT2D eigenvalue weighted by atomic mass is 32.1. The molecule has 0 spiro atoms. The number of carbonyl (C=O) groups excluding carboxylic acids is 3. The van der Waals surface area contributed by atoms with E-state index in [0.717, 1.165) is 11.3 Å². The van der Waals surface area contributed by atoms with Crippen LogP contribution in [0.3, 0.4) is 0 Å². The zero-order chi connectivity index (χ0) is 20.5.